The maximum atomic E-state index is 12.7. The van der Waals surface area contributed by atoms with Gasteiger partial charge < -0.3 is 10.0 Å². The molecule has 0 aromatic carbocycles. The molecule has 0 saturated heterocycles. The number of amides is 1. The van der Waals surface area contributed by atoms with E-state index in [2.05, 4.69) is 15.1 Å². The first kappa shape index (κ1) is 16.1. The molecular formula is C16H19N5O3. The zero-order valence-electron chi connectivity index (χ0n) is 13.4. The molecule has 126 valence electrons. The van der Waals surface area contributed by atoms with E-state index in [-0.39, 0.29) is 5.91 Å². The van der Waals surface area contributed by atoms with Crippen LogP contribution in [0.3, 0.4) is 0 Å². The fourth-order valence-corrected chi connectivity index (χ4v) is 3.19. The highest BCUT2D eigenvalue weighted by atomic mass is 16.4. The third-order valence-corrected chi connectivity index (χ3v) is 4.67. The molecule has 1 N–H and O–H groups in total. The summed E-state index contributed by atoms with van der Waals surface area (Å²) in [5.74, 6) is -0.737. The number of hydrogen-bond donors (Lipinski definition) is 1. The van der Waals surface area contributed by atoms with Gasteiger partial charge in [0, 0.05) is 13.2 Å². The molecule has 8 nitrogen and oxygen atoms in total. The van der Waals surface area contributed by atoms with Gasteiger partial charge in [-0.05, 0) is 25.0 Å². The summed E-state index contributed by atoms with van der Waals surface area (Å²) in [5, 5.41) is 13.7. The summed E-state index contributed by atoms with van der Waals surface area (Å²) in [6.45, 7) is 0. The van der Waals surface area contributed by atoms with E-state index in [0.717, 1.165) is 19.3 Å². The van der Waals surface area contributed by atoms with Crippen LogP contribution in [-0.4, -0.2) is 54.2 Å². The van der Waals surface area contributed by atoms with Crippen LogP contribution in [0.5, 0.6) is 0 Å². The molecule has 0 aliphatic heterocycles. The molecule has 1 saturated carbocycles. The minimum Gasteiger partial charge on any atom is -0.479 e. The Morgan fingerprint density at radius 2 is 2.00 bits per heavy atom. The number of aliphatic carboxylic acids is 1. The smallest absolute Gasteiger partial charge is 0.329 e. The van der Waals surface area contributed by atoms with Crippen molar-refractivity contribution in [2.75, 3.05) is 7.05 Å². The molecule has 1 fully saturated rings. The van der Waals surface area contributed by atoms with Crippen molar-refractivity contribution >= 4 is 11.9 Å². The van der Waals surface area contributed by atoms with Gasteiger partial charge in [-0.25, -0.2) is 19.4 Å². The van der Waals surface area contributed by atoms with Crippen molar-refractivity contribution in [3.8, 4) is 5.82 Å². The van der Waals surface area contributed by atoms with Crippen molar-refractivity contribution < 1.29 is 14.7 Å². The van der Waals surface area contributed by atoms with Gasteiger partial charge in [-0.3, -0.25) is 4.79 Å². The van der Waals surface area contributed by atoms with Gasteiger partial charge in [-0.15, -0.1) is 0 Å². The van der Waals surface area contributed by atoms with Crippen LogP contribution in [0.4, 0.5) is 0 Å². The molecule has 0 radical (unpaired) electrons. The summed E-state index contributed by atoms with van der Waals surface area (Å²) in [6.07, 6.45) is 7.94. The predicted molar refractivity (Wildman–Crippen MR) is 84.7 cm³/mol. The Labute approximate surface area is 139 Å². The van der Waals surface area contributed by atoms with Gasteiger partial charge in [-0.1, -0.05) is 19.3 Å². The monoisotopic (exact) mass is 329 g/mol. The fraction of sp³-hybridized carbons (Fsp3) is 0.438. The van der Waals surface area contributed by atoms with Crippen LogP contribution in [0.1, 0.15) is 42.5 Å². The first-order chi connectivity index (χ1) is 11.5. The molecule has 0 spiro atoms. The topological polar surface area (TPSA) is 101 Å². The number of pyridine rings is 1. The minimum absolute atomic E-state index is 0.336. The molecule has 3 rings (SSSR count). The quantitative estimate of drug-likeness (QED) is 0.912. The van der Waals surface area contributed by atoms with Crippen LogP contribution in [0, 0.1) is 0 Å². The highest BCUT2D eigenvalue weighted by molar-refractivity contribution is 5.97. The molecule has 2 aromatic heterocycles. The third kappa shape index (κ3) is 2.75. The largest absolute Gasteiger partial charge is 0.479 e. The van der Waals surface area contributed by atoms with E-state index in [9.17, 15) is 14.7 Å². The van der Waals surface area contributed by atoms with E-state index < -0.39 is 11.5 Å². The Kier molecular flexibility index (Phi) is 4.28. The highest BCUT2D eigenvalue weighted by Crippen LogP contribution is 2.34. The predicted octanol–water partition coefficient (Wildman–Crippen LogP) is 1.52. The number of aromatic nitrogens is 4. The average Bonchev–Trinajstić information content (AvgIpc) is 3.15. The van der Waals surface area contributed by atoms with E-state index in [4.69, 9.17) is 0 Å². The van der Waals surface area contributed by atoms with Crippen LogP contribution >= 0.6 is 0 Å². The lowest BCUT2D eigenvalue weighted by Gasteiger charge is -2.41. The Morgan fingerprint density at radius 1 is 1.25 bits per heavy atom. The van der Waals surface area contributed by atoms with Crippen molar-refractivity contribution in [3.63, 3.8) is 0 Å². The summed E-state index contributed by atoms with van der Waals surface area (Å²) in [6, 6.07) is 3.28. The van der Waals surface area contributed by atoms with Crippen molar-refractivity contribution in [3.05, 3.63) is 36.5 Å². The van der Waals surface area contributed by atoms with E-state index in [0.29, 0.717) is 24.2 Å². The SMILES string of the molecule is CN(C(=O)c1ccc(-n2cncn2)nc1)C1(C(=O)O)CCCCC1. The molecule has 2 aromatic rings. The number of nitrogens with zero attached hydrogens (tertiary/aromatic N) is 5. The van der Waals surface area contributed by atoms with Crippen LogP contribution in [0.25, 0.3) is 5.82 Å². The van der Waals surface area contributed by atoms with Gasteiger partial charge in [0.25, 0.3) is 5.91 Å². The molecule has 8 heteroatoms. The molecular weight excluding hydrogens is 310 g/mol. The second kappa shape index (κ2) is 6.38. The van der Waals surface area contributed by atoms with Gasteiger partial charge in [0.05, 0.1) is 5.56 Å². The summed E-state index contributed by atoms with van der Waals surface area (Å²) >= 11 is 0. The Morgan fingerprint density at radius 3 is 2.54 bits per heavy atom. The Bertz CT molecular complexity index is 721. The summed E-state index contributed by atoms with van der Waals surface area (Å²) < 4.78 is 1.48. The van der Waals surface area contributed by atoms with Gasteiger partial charge in [-0.2, -0.15) is 5.10 Å². The van der Waals surface area contributed by atoms with Crippen molar-refractivity contribution in [1.29, 1.82) is 0 Å². The summed E-state index contributed by atoms with van der Waals surface area (Å²) in [5.41, 5.74) is -0.771. The minimum atomic E-state index is -1.13. The van der Waals surface area contributed by atoms with Crippen LogP contribution in [-0.2, 0) is 4.79 Å². The number of carbonyl (C=O) groups excluding carboxylic acids is 1. The Balaban J connectivity index is 1.83. The summed E-state index contributed by atoms with van der Waals surface area (Å²) in [7, 11) is 1.56. The number of hydrogen-bond acceptors (Lipinski definition) is 5. The van der Waals surface area contributed by atoms with Gasteiger partial charge in [0.15, 0.2) is 5.82 Å². The number of carboxylic acids is 1. The van der Waals surface area contributed by atoms with Crippen molar-refractivity contribution in [1.82, 2.24) is 24.6 Å². The van der Waals surface area contributed by atoms with E-state index in [1.165, 1.54) is 28.4 Å². The van der Waals surface area contributed by atoms with Gasteiger partial charge in [0.1, 0.15) is 18.2 Å². The molecule has 0 unspecified atom stereocenters. The van der Waals surface area contributed by atoms with Crippen LogP contribution in [0.2, 0.25) is 0 Å². The van der Waals surface area contributed by atoms with E-state index in [1.54, 1.807) is 19.2 Å². The van der Waals surface area contributed by atoms with Gasteiger partial charge in [0.2, 0.25) is 0 Å². The maximum Gasteiger partial charge on any atom is 0.329 e. The molecule has 1 aliphatic rings. The van der Waals surface area contributed by atoms with Crippen LogP contribution < -0.4 is 0 Å². The first-order valence-electron chi connectivity index (χ1n) is 7.87. The lowest BCUT2D eigenvalue weighted by Crippen LogP contribution is -2.56. The normalized spacial score (nSPS) is 16.5. The molecule has 2 heterocycles. The molecule has 0 atom stereocenters. The van der Waals surface area contributed by atoms with Crippen molar-refractivity contribution in [2.24, 2.45) is 0 Å². The number of carboxylic acid groups (broad SMARTS) is 1. The standard InChI is InChI=1S/C16H19N5O3/c1-20(16(15(23)24)7-3-2-4-8-16)14(22)12-5-6-13(18-9-12)21-11-17-10-19-21/h5-6,9-11H,2-4,7-8H2,1H3,(H,23,24). The zero-order valence-corrected chi connectivity index (χ0v) is 13.4. The number of likely N-dealkylation sites (N-methyl/N-ethyl adjacent to an activating group) is 1. The fourth-order valence-electron chi connectivity index (χ4n) is 3.19. The van der Waals surface area contributed by atoms with Crippen LogP contribution in [0.15, 0.2) is 31.0 Å². The zero-order chi connectivity index (χ0) is 17.2. The first-order valence-corrected chi connectivity index (χ1v) is 7.87. The molecule has 1 aliphatic carbocycles. The lowest BCUT2D eigenvalue weighted by atomic mass is 9.80. The average molecular weight is 329 g/mol. The Hall–Kier alpha value is -2.77. The summed E-state index contributed by atoms with van der Waals surface area (Å²) in [4.78, 5) is 34.0. The van der Waals surface area contributed by atoms with E-state index in [1.807, 2.05) is 0 Å². The van der Waals surface area contributed by atoms with Crippen molar-refractivity contribution in [2.45, 2.75) is 37.6 Å². The second-order valence-corrected chi connectivity index (χ2v) is 6.01. The number of carbonyl (C=O) groups is 2. The number of rotatable bonds is 4. The highest BCUT2D eigenvalue weighted by Gasteiger charge is 2.45. The molecule has 0 bridgehead atoms. The third-order valence-electron chi connectivity index (χ3n) is 4.67. The molecule has 24 heavy (non-hydrogen) atoms. The lowest BCUT2D eigenvalue weighted by molar-refractivity contribution is -0.151. The van der Waals surface area contributed by atoms with E-state index >= 15 is 0 Å². The molecule has 1 amide bonds. The van der Waals surface area contributed by atoms with Gasteiger partial charge >= 0.3 is 5.97 Å². The second-order valence-electron chi connectivity index (χ2n) is 6.01. The maximum absolute atomic E-state index is 12.7.